The third kappa shape index (κ3) is 5.23. The Hall–Kier alpha value is -2.04. The summed E-state index contributed by atoms with van der Waals surface area (Å²) < 4.78 is 0. The minimum atomic E-state index is -0.204. The van der Waals surface area contributed by atoms with Gasteiger partial charge in [-0.1, -0.05) is 55.2 Å². The van der Waals surface area contributed by atoms with Gasteiger partial charge in [-0.3, -0.25) is 9.59 Å². The summed E-state index contributed by atoms with van der Waals surface area (Å²) >= 11 is 12.2. The van der Waals surface area contributed by atoms with Gasteiger partial charge in [0.25, 0.3) is 0 Å². The van der Waals surface area contributed by atoms with Crippen LogP contribution in [0.25, 0.3) is 0 Å². The minimum absolute atomic E-state index is 0.148. The summed E-state index contributed by atoms with van der Waals surface area (Å²) in [7, 11) is 0. The summed E-state index contributed by atoms with van der Waals surface area (Å²) in [5.41, 5.74) is 2.37. The lowest BCUT2D eigenvalue weighted by molar-refractivity contribution is -0.117. The van der Waals surface area contributed by atoms with Gasteiger partial charge in [-0.15, -0.1) is 0 Å². The van der Waals surface area contributed by atoms with E-state index in [0.717, 1.165) is 11.3 Å². The van der Waals surface area contributed by atoms with E-state index in [1.54, 1.807) is 18.2 Å². The molecular formula is C20H22Cl2N2O2. The van der Waals surface area contributed by atoms with E-state index >= 15 is 0 Å². The monoisotopic (exact) mass is 392 g/mol. The van der Waals surface area contributed by atoms with Crippen molar-refractivity contribution in [1.82, 2.24) is 0 Å². The van der Waals surface area contributed by atoms with E-state index in [0.29, 0.717) is 21.7 Å². The second kappa shape index (κ2) is 9.06. The van der Waals surface area contributed by atoms with Gasteiger partial charge in [0.15, 0.2) is 0 Å². The number of carbonyl (C=O) groups is 2. The average molecular weight is 393 g/mol. The van der Waals surface area contributed by atoms with E-state index in [1.165, 1.54) is 11.8 Å². The smallest absolute Gasteiger partial charge is 0.226 e. The lowest BCUT2D eigenvalue weighted by Crippen LogP contribution is -2.32. The molecule has 0 fully saturated rings. The molecule has 0 spiro atoms. The number of halogens is 2. The molecule has 0 heterocycles. The van der Waals surface area contributed by atoms with Crippen molar-refractivity contribution in [2.24, 2.45) is 0 Å². The maximum Gasteiger partial charge on any atom is 0.226 e. The Balaban J connectivity index is 2.09. The standard InChI is InChI=1S/C20H22Cl2N2O2/c1-13(2)16-6-4-5-7-18(16)23-20(26)10-11-24(14(3)25)19-12-15(21)8-9-17(19)22/h4-9,12-13H,10-11H2,1-3H3,(H,23,26). The average Bonchev–Trinajstić information content (AvgIpc) is 2.58. The molecular weight excluding hydrogens is 371 g/mol. The van der Waals surface area contributed by atoms with Crippen LogP contribution in [-0.2, 0) is 9.59 Å². The van der Waals surface area contributed by atoms with E-state index in [9.17, 15) is 9.59 Å². The van der Waals surface area contributed by atoms with Gasteiger partial charge >= 0.3 is 0 Å². The molecule has 0 bridgehead atoms. The number of benzene rings is 2. The molecule has 0 radical (unpaired) electrons. The highest BCUT2D eigenvalue weighted by Crippen LogP contribution is 2.29. The van der Waals surface area contributed by atoms with Crippen molar-refractivity contribution in [2.75, 3.05) is 16.8 Å². The molecule has 0 aliphatic heterocycles. The zero-order valence-corrected chi connectivity index (χ0v) is 16.6. The predicted molar refractivity (Wildman–Crippen MR) is 108 cm³/mol. The van der Waals surface area contributed by atoms with Gasteiger partial charge < -0.3 is 10.2 Å². The van der Waals surface area contributed by atoms with Gasteiger partial charge in [-0.25, -0.2) is 0 Å². The number of para-hydroxylation sites is 1. The Morgan fingerprint density at radius 3 is 2.46 bits per heavy atom. The molecule has 0 unspecified atom stereocenters. The van der Waals surface area contributed by atoms with Crippen molar-refractivity contribution in [1.29, 1.82) is 0 Å². The van der Waals surface area contributed by atoms with Gasteiger partial charge in [0.2, 0.25) is 11.8 Å². The quantitative estimate of drug-likeness (QED) is 0.705. The number of anilines is 2. The molecule has 0 atom stereocenters. The van der Waals surface area contributed by atoms with Crippen molar-refractivity contribution in [2.45, 2.75) is 33.1 Å². The molecule has 2 aromatic rings. The van der Waals surface area contributed by atoms with Crippen LogP contribution in [0.1, 0.15) is 38.7 Å². The summed E-state index contributed by atoms with van der Waals surface area (Å²) in [6.07, 6.45) is 0.148. The molecule has 1 N–H and O–H groups in total. The van der Waals surface area contributed by atoms with Crippen LogP contribution in [0.2, 0.25) is 10.0 Å². The summed E-state index contributed by atoms with van der Waals surface area (Å²) in [5, 5.41) is 3.82. The first-order valence-electron chi connectivity index (χ1n) is 8.41. The Labute approximate surface area is 164 Å². The first kappa shape index (κ1) is 20.3. The summed E-state index contributed by atoms with van der Waals surface area (Å²) in [5.74, 6) is -0.0717. The van der Waals surface area contributed by atoms with E-state index in [2.05, 4.69) is 19.2 Å². The number of hydrogen-bond acceptors (Lipinski definition) is 2. The van der Waals surface area contributed by atoms with Crippen LogP contribution < -0.4 is 10.2 Å². The lowest BCUT2D eigenvalue weighted by atomic mass is 10.0. The Bertz CT molecular complexity index is 806. The Morgan fingerprint density at radius 2 is 1.81 bits per heavy atom. The van der Waals surface area contributed by atoms with E-state index in [1.807, 2.05) is 24.3 Å². The van der Waals surface area contributed by atoms with Gasteiger partial charge in [-0.05, 0) is 35.7 Å². The first-order chi connectivity index (χ1) is 12.3. The van der Waals surface area contributed by atoms with Gasteiger partial charge in [-0.2, -0.15) is 0 Å². The van der Waals surface area contributed by atoms with E-state index < -0.39 is 0 Å². The normalized spacial score (nSPS) is 10.7. The van der Waals surface area contributed by atoms with Gasteiger partial charge in [0.05, 0.1) is 10.7 Å². The van der Waals surface area contributed by atoms with Crippen LogP contribution in [-0.4, -0.2) is 18.4 Å². The second-order valence-corrected chi connectivity index (χ2v) is 7.15. The van der Waals surface area contributed by atoms with Crippen molar-refractivity contribution in [3.63, 3.8) is 0 Å². The van der Waals surface area contributed by atoms with Crippen LogP contribution in [0, 0.1) is 0 Å². The molecule has 0 saturated carbocycles. The number of amides is 2. The topological polar surface area (TPSA) is 49.4 Å². The number of rotatable bonds is 6. The van der Waals surface area contributed by atoms with Gasteiger partial charge in [0, 0.05) is 30.6 Å². The van der Waals surface area contributed by atoms with Crippen LogP contribution in [0.4, 0.5) is 11.4 Å². The fourth-order valence-corrected chi connectivity index (χ4v) is 3.07. The molecule has 2 aromatic carbocycles. The minimum Gasteiger partial charge on any atom is -0.326 e. The molecule has 4 nitrogen and oxygen atoms in total. The number of nitrogens with one attached hydrogen (secondary N) is 1. The van der Waals surface area contributed by atoms with Gasteiger partial charge in [0.1, 0.15) is 0 Å². The van der Waals surface area contributed by atoms with Crippen molar-refractivity contribution < 1.29 is 9.59 Å². The number of carbonyl (C=O) groups excluding carboxylic acids is 2. The highest BCUT2D eigenvalue weighted by atomic mass is 35.5. The maximum atomic E-state index is 12.4. The molecule has 6 heteroatoms. The summed E-state index contributed by atoms with van der Waals surface area (Å²) in [6.45, 7) is 5.79. The van der Waals surface area contributed by atoms with Crippen LogP contribution in [0.5, 0.6) is 0 Å². The SMILES string of the molecule is CC(=O)N(CCC(=O)Nc1ccccc1C(C)C)c1cc(Cl)ccc1Cl. The molecule has 2 amide bonds. The maximum absolute atomic E-state index is 12.4. The fourth-order valence-electron chi connectivity index (χ4n) is 2.68. The van der Waals surface area contributed by atoms with Crippen molar-refractivity contribution in [3.05, 3.63) is 58.1 Å². The molecule has 0 aliphatic carbocycles. The Morgan fingerprint density at radius 1 is 1.12 bits per heavy atom. The van der Waals surface area contributed by atoms with Crippen molar-refractivity contribution >= 4 is 46.4 Å². The molecule has 0 saturated heterocycles. The predicted octanol–water partition coefficient (Wildman–Crippen LogP) is 5.50. The second-order valence-electron chi connectivity index (χ2n) is 6.31. The molecule has 0 aromatic heterocycles. The first-order valence-corrected chi connectivity index (χ1v) is 9.17. The third-order valence-electron chi connectivity index (χ3n) is 4.00. The Kier molecular flexibility index (Phi) is 7.06. The van der Waals surface area contributed by atoms with Crippen LogP contribution >= 0.6 is 23.2 Å². The largest absolute Gasteiger partial charge is 0.326 e. The van der Waals surface area contributed by atoms with Crippen LogP contribution in [0.15, 0.2) is 42.5 Å². The summed E-state index contributed by atoms with van der Waals surface area (Å²) in [6, 6.07) is 12.6. The molecule has 138 valence electrons. The fraction of sp³-hybridized carbons (Fsp3) is 0.300. The molecule has 2 rings (SSSR count). The number of nitrogens with zero attached hydrogens (tertiary/aromatic N) is 1. The lowest BCUT2D eigenvalue weighted by Gasteiger charge is -2.22. The van der Waals surface area contributed by atoms with Crippen LogP contribution in [0.3, 0.4) is 0 Å². The zero-order valence-electron chi connectivity index (χ0n) is 15.1. The summed E-state index contributed by atoms with van der Waals surface area (Å²) in [4.78, 5) is 25.9. The number of hydrogen-bond donors (Lipinski definition) is 1. The molecule has 0 aliphatic rings. The zero-order chi connectivity index (χ0) is 19.3. The van der Waals surface area contributed by atoms with E-state index in [-0.39, 0.29) is 24.8 Å². The highest BCUT2D eigenvalue weighted by molar-refractivity contribution is 6.35. The van der Waals surface area contributed by atoms with Crippen molar-refractivity contribution in [3.8, 4) is 0 Å². The highest BCUT2D eigenvalue weighted by Gasteiger charge is 2.17. The third-order valence-corrected chi connectivity index (χ3v) is 4.55. The van der Waals surface area contributed by atoms with E-state index in [4.69, 9.17) is 23.2 Å². The molecule has 26 heavy (non-hydrogen) atoms.